The van der Waals surface area contributed by atoms with E-state index in [4.69, 9.17) is 4.42 Å². The number of hydrogen-bond donors (Lipinski definition) is 2. The molecule has 0 spiro atoms. The maximum atomic E-state index is 13.6. The third kappa shape index (κ3) is 7.57. The van der Waals surface area contributed by atoms with Crippen LogP contribution < -0.4 is 10.2 Å². The summed E-state index contributed by atoms with van der Waals surface area (Å²) in [7, 11) is 0. The minimum atomic E-state index is -4.91. The summed E-state index contributed by atoms with van der Waals surface area (Å²) in [6, 6.07) is 14.6. The van der Waals surface area contributed by atoms with E-state index < -0.39 is 34.9 Å². The van der Waals surface area contributed by atoms with Gasteiger partial charge in [0.2, 0.25) is 17.6 Å². The van der Waals surface area contributed by atoms with Crippen LogP contribution in [0.5, 0.6) is 0 Å². The monoisotopic (exact) mass is 594 g/mol. The molecule has 2 N–H and O–H groups in total. The van der Waals surface area contributed by atoms with Gasteiger partial charge in [-0.3, -0.25) is 14.4 Å². The van der Waals surface area contributed by atoms with Gasteiger partial charge in [-0.2, -0.15) is 13.2 Å². The summed E-state index contributed by atoms with van der Waals surface area (Å²) in [4.78, 5) is 44.4. The van der Waals surface area contributed by atoms with Crippen LogP contribution in [0.25, 0.3) is 11.5 Å². The molecule has 1 aliphatic heterocycles. The minimum Gasteiger partial charge on any atom is -0.481 e. The Morgan fingerprint density at radius 3 is 2.24 bits per heavy atom. The molecule has 13 heteroatoms. The summed E-state index contributed by atoms with van der Waals surface area (Å²) in [5, 5.41) is 11.8. The number of oxazole rings is 1. The molecular formula is C28H30ClF3N4O5. The first-order valence-corrected chi connectivity index (χ1v) is 12.7. The average molecular weight is 595 g/mol. The smallest absolute Gasteiger partial charge is 0.452 e. The largest absolute Gasteiger partial charge is 0.481 e. The first-order valence-electron chi connectivity index (χ1n) is 12.7. The number of alkyl halides is 3. The molecule has 41 heavy (non-hydrogen) atoms. The van der Waals surface area contributed by atoms with E-state index in [1.165, 1.54) is 26.0 Å². The molecule has 9 nitrogen and oxygen atoms in total. The van der Waals surface area contributed by atoms with Crippen LogP contribution in [0.1, 0.15) is 42.9 Å². The van der Waals surface area contributed by atoms with Gasteiger partial charge in [-0.1, -0.05) is 18.2 Å². The molecule has 4 rings (SSSR count). The van der Waals surface area contributed by atoms with Gasteiger partial charge in [0.1, 0.15) is 0 Å². The number of benzene rings is 2. The van der Waals surface area contributed by atoms with Crippen LogP contribution in [0.2, 0.25) is 0 Å². The van der Waals surface area contributed by atoms with E-state index in [1.807, 2.05) is 4.90 Å². The molecule has 220 valence electrons. The van der Waals surface area contributed by atoms with Gasteiger partial charge < -0.3 is 24.6 Å². The number of amides is 2. The summed E-state index contributed by atoms with van der Waals surface area (Å²) in [5.41, 5.74) is -0.631. The lowest BCUT2D eigenvalue weighted by Crippen LogP contribution is -2.39. The first-order chi connectivity index (χ1) is 18.8. The van der Waals surface area contributed by atoms with Crippen molar-refractivity contribution in [3.05, 3.63) is 66.1 Å². The zero-order chi connectivity index (χ0) is 29.1. The Balaban J connectivity index is 0.00000462. The fourth-order valence-corrected chi connectivity index (χ4v) is 4.31. The van der Waals surface area contributed by atoms with E-state index in [0.717, 1.165) is 5.69 Å². The van der Waals surface area contributed by atoms with E-state index in [-0.39, 0.29) is 36.3 Å². The molecule has 0 aliphatic carbocycles. The van der Waals surface area contributed by atoms with E-state index in [9.17, 15) is 32.7 Å². The quantitative estimate of drug-likeness (QED) is 0.367. The Bertz CT molecular complexity index is 1380. The normalized spacial score (nSPS) is 14.2. The number of halogens is 4. The zero-order valence-electron chi connectivity index (χ0n) is 22.4. The second kappa shape index (κ2) is 12.6. The number of rotatable bonds is 7. The third-order valence-electron chi connectivity index (χ3n) is 6.63. The highest BCUT2D eigenvalue weighted by molar-refractivity contribution is 6.04. The molecule has 1 aromatic heterocycles. The molecule has 2 amide bonds. The van der Waals surface area contributed by atoms with Crippen molar-refractivity contribution in [2.45, 2.75) is 32.9 Å². The van der Waals surface area contributed by atoms with Crippen molar-refractivity contribution >= 4 is 41.6 Å². The van der Waals surface area contributed by atoms with Crippen LogP contribution in [-0.2, 0) is 15.8 Å². The number of anilines is 2. The summed E-state index contributed by atoms with van der Waals surface area (Å²) >= 11 is 0. The van der Waals surface area contributed by atoms with E-state index in [1.54, 1.807) is 47.4 Å². The topological polar surface area (TPSA) is 116 Å². The van der Waals surface area contributed by atoms with Crippen molar-refractivity contribution in [3.8, 4) is 11.5 Å². The summed E-state index contributed by atoms with van der Waals surface area (Å²) in [6.45, 7) is 5.13. The highest BCUT2D eigenvalue weighted by atomic mass is 35.5. The molecule has 3 aromatic rings. The molecule has 1 aliphatic rings. The Morgan fingerprint density at radius 2 is 1.63 bits per heavy atom. The van der Waals surface area contributed by atoms with Gasteiger partial charge in [-0.25, -0.2) is 4.98 Å². The van der Waals surface area contributed by atoms with Gasteiger partial charge in [-0.05, 0) is 56.7 Å². The van der Waals surface area contributed by atoms with Crippen LogP contribution in [0.4, 0.5) is 24.5 Å². The number of carbonyl (C=O) groups excluding carboxylic acids is 2. The molecule has 2 aromatic carbocycles. The maximum absolute atomic E-state index is 13.6. The van der Waals surface area contributed by atoms with Crippen molar-refractivity contribution in [1.82, 2.24) is 9.88 Å². The van der Waals surface area contributed by atoms with E-state index in [2.05, 4.69) is 10.3 Å². The van der Waals surface area contributed by atoms with Crippen molar-refractivity contribution in [3.63, 3.8) is 0 Å². The number of nitrogens with zero attached hydrogens (tertiary/aromatic N) is 3. The fraction of sp³-hybridized carbons (Fsp3) is 0.357. The molecule has 0 atom stereocenters. The lowest BCUT2D eigenvalue weighted by molar-refractivity contribution is -0.153. The Labute approximate surface area is 240 Å². The molecule has 1 saturated heterocycles. The maximum Gasteiger partial charge on any atom is 0.452 e. The van der Waals surface area contributed by atoms with Crippen LogP contribution >= 0.6 is 12.4 Å². The third-order valence-corrected chi connectivity index (χ3v) is 6.63. The number of carboxylic acid groups (broad SMARTS) is 1. The number of aromatic nitrogens is 1. The van der Waals surface area contributed by atoms with Gasteiger partial charge >= 0.3 is 12.1 Å². The lowest BCUT2D eigenvalue weighted by atomic mass is 9.89. The summed E-state index contributed by atoms with van der Waals surface area (Å²) in [6.07, 6.45) is -4.33. The lowest BCUT2D eigenvalue weighted by Gasteiger charge is -2.26. The van der Waals surface area contributed by atoms with Crippen molar-refractivity contribution in [1.29, 1.82) is 0 Å². The summed E-state index contributed by atoms with van der Waals surface area (Å²) < 4.78 is 45.7. The molecule has 0 bridgehead atoms. The Kier molecular flexibility index (Phi) is 9.69. The van der Waals surface area contributed by atoms with Crippen LogP contribution in [0.15, 0.2) is 59.0 Å². The molecule has 1 fully saturated rings. The van der Waals surface area contributed by atoms with Crippen LogP contribution in [0, 0.1) is 5.41 Å². The minimum absolute atomic E-state index is 0. The summed E-state index contributed by atoms with van der Waals surface area (Å²) in [5.74, 6) is -4.09. The number of aliphatic carboxylic acids is 1. The Hall–Kier alpha value is -4.06. The predicted molar refractivity (Wildman–Crippen MR) is 148 cm³/mol. The van der Waals surface area contributed by atoms with Gasteiger partial charge in [0.25, 0.3) is 5.91 Å². The SMILES string of the molecule is CC(C)(CC(=O)N1CCCN(c2ccc(NC(=O)c3nc(-c4ccccc4)oc3C(F)(F)F)cc2)CC1)C(=O)O.Cl. The number of nitrogens with one attached hydrogen (secondary N) is 1. The standard InChI is InChI=1S/C28H29F3N4O5.ClH/c1-27(2,26(38)39)17-21(36)35-14-6-13-34(15-16-35)20-11-9-19(10-12-20)32-24(37)22-23(28(29,30)31)40-25(33-22)18-7-4-3-5-8-18;/h3-5,7-12H,6,13-17H2,1-2H3,(H,32,37)(H,38,39);1H. The van der Waals surface area contributed by atoms with Crippen molar-refractivity contribution in [2.24, 2.45) is 5.41 Å². The fourth-order valence-electron chi connectivity index (χ4n) is 4.31. The van der Waals surface area contributed by atoms with Gasteiger partial charge in [-0.15, -0.1) is 12.4 Å². The van der Waals surface area contributed by atoms with Crippen molar-refractivity contribution in [2.75, 3.05) is 36.4 Å². The highest BCUT2D eigenvalue weighted by Crippen LogP contribution is 2.35. The second-order valence-corrected chi connectivity index (χ2v) is 10.1. The van der Waals surface area contributed by atoms with Gasteiger partial charge in [0, 0.05) is 49.5 Å². The van der Waals surface area contributed by atoms with E-state index in [0.29, 0.717) is 38.2 Å². The number of carbonyl (C=O) groups is 3. The van der Waals surface area contributed by atoms with Gasteiger partial charge in [0.05, 0.1) is 5.41 Å². The second-order valence-electron chi connectivity index (χ2n) is 10.1. The molecule has 0 saturated carbocycles. The molecular weight excluding hydrogens is 565 g/mol. The predicted octanol–water partition coefficient (Wildman–Crippen LogP) is 5.57. The molecule has 2 heterocycles. The van der Waals surface area contributed by atoms with Crippen LogP contribution in [-0.4, -0.2) is 59.0 Å². The Morgan fingerprint density at radius 1 is 0.976 bits per heavy atom. The molecule has 0 radical (unpaired) electrons. The highest BCUT2D eigenvalue weighted by Gasteiger charge is 2.42. The van der Waals surface area contributed by atoms with Crippen molar-refractivity contribution < 1.29 is 37.1 Å². The first kappa shape index (κ1) is 31.5. The molecule has 0 unspecified atom stereocenters. The van der Waals surface area contributed by atoms with Crippen LogP contribution in [0.3, 0.4) is 0 Å². The number of carboxylic acids is 1. The number of hydrogen-bond acceptors (Lipinski definition) is 6. The van der Waals surface area contributed by atoms with E-state index >= 15 is 0 Å². The van der Waals surface area contributed by atoms with Gasteiger partial charge in [0.15, 0.2) is 5.69 Å². The average Bonchev–Trinajstić information content (AvgIpc) is 3.23. The zero-order valence-corrected chi connectivity index (χ0v) is 23.2.